The summed E-state index contributed by atoms with van der Waals surface area (Å²) < 4.78 is 4.77. The summed E-state index contributed by atoms with van der Waals surface area (Å²) in [5.74, 6) is 0.272. The van der Waals surface area contributed by atoms with Crippen LogP contribution in [0.4, 0.5) is 4.79 Å². The van der Waals surface area contributed by atoms with Gasteiger partial charge < -0.3 is 10.1 Å². The van der Waals surface area contributed by atoms with Crippen LogP contribution in [0, 0.1) is 11.3 Å². The standard InChI is InChI=1S/C27H33N3O4/c1-3-34-27(33)30-25(28)21-12-9-19(10-13-21)11-16-24(31)18(2)29-26(32)23-15-14-22(17-23)20-7-5-4-6-8-20/h4-10,12-13,18,22-23H,3,11,14-17H2,1-2H3,(H,29,32)(H2,28,30,33)/t18-,22+,23+/m0/s1. The predicted molar refractivity (Wildman–Crippen MR) is 131 cm³/mol. The molecule has 0 aliphatic heterocycles. The van der Waals surface area contributed by atoms with E-state index in [1.807, 2.05) is 30.3 Å². The average molecular weight is 464 g/mol. The molecule has 34 heavy (non-hydrogen) atoms. The minimum Gasteiger partial charge on any atom is -0.450 e. The van der Waals surface area contributed by atoms with Crippen LogP contribution in [0.3, 0.4) is 0 Å². The third-order valence-corrected chi connectivity index (χ3v) is 6.32. The number of hydrogen-bond donors (Lipinski definition) is 3. The highest BCUT2D eigenvalue weighted by Crippen LogP contribution is 2.38. The Hall–Kier alpha value is -3.48. The van der Waals surface area contributed by atoms with E-state index >= 15 is 0 Å². The Morgan fingerprint density at radius 1 is 1.06 bits per heavy atom. The van der Waals surface area contributed by atoms with Crippen LogP contribution in [0.1, 0.15) is 62.1 Å². The average Bonchev–Trinajstić information content (AvgIpc) is 3.34. The zero-order chi connectivity index (χ0) is 24.5. The molecule has 1 aliphatic carbocycles. The van der Waals surface area contributed by atoms with Gasteiger partial charge in [0.2, 0.25) is 5.91 Å². The van der Waals surface area contributed by atoms with Crippen molar-refractivity contribution in [1.82, 2.24) is 10.6 Å². The van der Waals surface area contributed by atoms with Crippen LogP contribution in [-0.4, -0.2) is 36.3 Å². The van der Waals surface area contributed by atoms with Crippen molar-refractivity contribution >= 4 is 23.6 Å². The van der Waals surface area contributed by atoms with Crippen LogP contribution >= 0.6 is 0 Å². The van der Waals surface area contributed by atoms with Crippen molar-refractivity contribution in [3.8, 4) is 0 Å². The SMILES string of the molecule is CCOC(=O)NC(=N)c1ccc(CCC(=O)[C@H](C)NC(=O)[C@@H]2CC[C@@H](c3ccccc3)C2)cc1. The van der Waals surface area contributed by atoms with Crippen LogP contribution in [0.2, 0.25) is 0 Å². The molecule has 2 amide bonds. The lowest BCUT2D eigenvalue weighted by molar-refractivity contribution is -0.129. The molecule has 3 rings (SSSR count). The molecule has 7 heteroatoms. The second-order valence-electron chi connectivity index (χ2n) is 8.73. The summed E-state index contributed by atoms with van der Waals surface area (Å²) in [7, 11) is 0. The highest BCUT2D eigenvalue weighted by atomic mass is 16.5. The van der Waals surface area contributed by atoms with Gasteiger partial charge in [-0.2, -0.15) is 0 Å². The van der Waals surface area contributed by atoms with Crippen LogP contribution in [0.5, 0.6) is 0 Å². The molecule has 0 aromatic heterocycles. The first-order valence-electron chi connectivity index (χ1n) is 11.9. The highest BCUT2D eigenvalue weighted by molar-refractivity contribution is 6.04. The van der Waals surface area contributed by atoms with E-state index in [1.54, 1.807) is 26.0 Å². The van der Waals surface area contributed by atoms with E-state index in [0.29, 0.717) is 24.3 Å². The lowest BCUT2D eigenvalue weighted by atomic mass is 9.96. The fourth-order valence-corrected chi connectivity index (χ4v) is 4.32. The molecule has 0 saturated heterocycles. The van der Waals surface area contributed by atoms with Crippen LogP contribution in [0.15, 0.2) is 54.6 Å². The molecule has 1 fully saturated rings. The summed E-state index contributed by atoms with van der Waals surface area (Å²) in [6.07, 6.45) is 2.86. The Kier molecular flexibility index (Phi) is 8.96. The molecule has 1 saturated carbocycles. The summed E-state index contributed by atoms with van der Waals surface area (Å²) in [6.45, 7) is 3.68. The maximum absolute atomic E-state index is 12.7. The van der Waals surface area contributed by atoms with Gasteiger partial charge in [0, 0.05) is 17.9 Å². The Bertz CT molecular complexity index is 1000. The normalized spacial score (nSPS) is 18.1. The Labute approximate surface area is 200 Å². The number of alkyl carbamates (subject to hydrolysis) is 1. The molecule has 2 aromatic carbocycles. The minimum atomic E-state index is -0.661. The number of amides is 2. The van der Waals surface area contributed by atoms with E-state index in [4.69, 9.17) is 10.1 Å². The molecule has 0 radical (unpaired) electrons. The quantitative estimate of drug-likeness (QED) is 0.379. The van der Waals surface area contributed by atoms with Gasteiger partial charge in [0.15, 0.2) is 5.78 Å². The van der Waals surface area contributed by atoms with Crippen molar-refractivity contribution in [3.63, 3.8) is 0 Å². The summed E-state index contributed by atoms with van der Waals surface area (Å²) >= 11 is 0. The first-order chi connectivity index (χ1) is 16.4. The first-order valence-corrected chi connectivity index (χ1v) is 11.9. The number of Topliss-reactive ketones (excluding diaryl/α,β-unsaturated/α-hetero) is 1. The number of carbonyl (C=O) groups excluding carboxylic acids is 3. The van der Waals surface area contributed by atoms with Gasteiger partial charge in [-0.1, -0.05) is 54.6 Å². The van der Waals surface area contributed by atoms with E-state index in [2.05, 4.69) is 22.8 Å². The maximum Gasteiger partial charge on any atom is 0.412 e. The lowest BCUT2D eigenvalue weighted by Gasteiger charge is -2.17. The van der Waals surface area contributed by atoms with E-state index < -0.39 is 12.1 Å². The maximum atomic E-state index is 12.7. The molecule has 0 spiro atoms. The molecular formula is C27H33N3O4. The number of ether oxygens (including phenoxy) is 1. The smallest absolute Gasteiger partial charge is 0.412 e. The molecule has 2 aromatic rings. The molecule has 0 heterocycles. The summed E-state index contributed by atoms with van der Waals surface area (Å²) in [5, 5.41) is 13.2. The summed E-state index contributed by atoms with van der Waals surface area (Å²) in [5.41, 5.74) is 2.77. The van der Waals surface area contributed by atoms with E-state index in [-0.39, 0.29) is 30.1 Å². The number of hydrogen-bond acceptors (Lipinski definition) is 5. The van der Waals surface area contributed by atoms with E-state index in [1.165, 1.54) is 5.56 Å². The number of amidine groups is 1. The first kappa shape index (κ1) is 25.1. The molecule has 7 nitrogen and oxygen atoms in total. The van der Waals surface area contributed by atoms with Gasteiger partial charge in [0.25, 0.3) is 0 Å². The Morgan fingerprint density at radius 3 is 2.44 bits per heavy atom. The van der Waals surface area contributed by atoms with Crippen LogP contribution in [0.25, 0.3) is 0 Å². The number of benzene rings is 2. The largest absolute Gasteiger partial charge is 0.450 e. The van der Waals surface area contributed by atoms with Gasteiger partial charge in [0.05, 0.1) is 12.6 Å². The molecule has 3 N–H and O–H groups in total. The molecule has 0 unspecified atom stereocenters. The number of ketones is 1. The molecule has 3 atom stereocenters. The summed E-state index contributed by atoms with van der Waals surface area (Å²) in [4.78, 5) is 36.7. The third-order valence-electron chi connectivity index (χ3n) is 6.32. The fourth-order valence-electron chi connectivity index (χ4n) is 4.32. The monoisotopic (exact) mass is 463 g/mol. The topological polar surface area (TPSA) is 108 Å². The van der Waals surface area contributed by atoms with Crippen molar-refractivity contribution in [2.75, 3.05) is 6.61 Å². The van der Waals surface area contributed by atoms with Gasteiger partial charge in [-0.15, -0.1) is 0 Å². The highest BCUT2D eigenvalue weighted by Gasteiger charge is 2.31. The van der Waals surface area contributed by atoms with Crippen molar-refractivity contribution < 1.29 is 19.1 Å². The van der Waals surface area contributed by atoms with Gasteiger partial charge in [-0.25, -0.2) is 4.79 Å². The van der Waals surface area contributed by atoms with E-state index in [0.717, 1.165) is 24.8 Å². The van der Waals surface area contributed by atoms with Gasteiger partial charge in [-0.05, 0) is 56.6 Å². The second kappa shape index (κ2) is 12.1. The van der Waals surface area contributed by atoms with Crippen molar-refractivity contribution in [2.45, 2.75) is 57.9 Å². The zero-order valence-corrected chi connectivity index (χ0v) is 19.8. The number of carbonyl (C=O) groups is 3. The summed E-state index contributed by atoms with van der Waals surface area (Å²) in [6, 6.07) is 16.9. The van der Waals surface area contributed by atoms with E-state index in [9.17, 15) is 14.4 Å². The number of rotatable bonds is 9. The number of aryl methyl sites for hydroxylation is 1. The minimum absolute atomic E-state index is 0.00764. The van der Waals surface area contributed by atoms with Crippen LogP contribution in [-0.2, 0) is 20.7 Å². The van der Waals surface area contributed by atoms with Gasteiger partial charge >= 0.3 is 6.09 Å². The lowest BCUT2D eigenvalue weighted by Crippen LogP contribution is -2.41. The molecule has 1 aliphatic rings. The zero-order valence-electron chi connectivity index (χ0n) is 19.8. The molecular weight excluding hydrogens is 430 g/mol. The van der Waals surface area contributed by atoms with Crippen LogP contribution < -0.4 is 10.6 Å². The number of nitrogens with one attached hydrogen (secondary N) is 3. The van der Waals surface area contributed by atoms with Gasteiger partial charge in [0.1, 0.15) is 5.84 Å². The van der Waals surface area contributed by atoms with Gasteiger partial charge in [-0.3, -0.25) is 20.3 Å². The Morgan fingerprint density at radius 2 is 1.76 bits per heavy atom. The van der Waals surface area contributed by atoms with Crippen molar-refractivity contribution in [1.29, 1.82) is 5.41 Å². The van der Waals surface area contributed by atoms with Crippen molar-refractivity contribution in [3.05, 3.63) is 71.3 Å². The van der Waals surface area contributed by atoms with Crippen molar-refractivity contribution in [2.24, 2.45) is 5.92 Å². The predicted octanol–water partition coefficient (Wildman–Crippen LogP) is 4.35. The fraction of sp³-hybridized carbons (Fsp3) is 0.407. The second-order valence-corrected chi connectivity index (χ2v) is 8.73. The molecule has 180 valence electrons. The third kappa shape index (κ3) is 7.01. The molecule has 0 bridgehead atoms. The Balaban J connectivity index is 1.42.